The van der Waals surface area contributed by atoms with Crippen LogP contribution in [0.2, 0.25) is 5.02 Å². The summed E-state index contributed by atoms with van der Waals surface area (Å²) in [5.74, 6) is 1.41. The number of benzene rings is 3. The van der Waals surface area contributed by atoms with Gasteiger partial charge < -0.3 is 4.74 Å². The molecule has 3 aromatic carbocycles. The molecule has 0 aliphatic rings. The van der Waals surface area contributed by atoms with Gasteiger partial charge >= 0.3 is 0 Å². The quantitative estimate of drug-likeness (QED) is 0.320. The number of aromatic nitrogens is 3. The predicted molar refractivity (Wildman–Crippen MR) is 118 cm³/mol. The number of rotatable bonds is 6. The van der Waals surface area contributed by atoms with E-state index >= 15 is 0 Å². The van der Waals surface area contributed by atoms with Crippen LogP contribution in [0.3, 0.4) is 0 Å². The number of ether oxygens (including phenoxy) is 1. The molecule has 1 heterocycles. The fraction of sp³-hybridized carbons (Fsp3) is 0.0455. The van der Waals surface area contributed by atoms with Gasteiger partial charge in [0.05, 0.1) is 6.21 Å². The van der Waals surface area contributed by atoms with Gasteiger partial charge in [-0.3, -0.25) is 0 Å². The molecule has 0 atom stereocenters. The Morgan fingerprint density at radius 3 is 2.62 bits per heavy atom. The zero-order valence-corrected chi connectivity index (χ0v) is 16.9. The molecular weight excluding hydrogens is 404 g/mol. The summed E-state index contributed by atoms with van der Waals surface area (Å²) < 4.78 is 7.90. The second-order valence-electron chi connectivity index (χ2n) is 6.26. The van der Waals surface area contributed by atoms with Gasteiger partial charge in [0.15, 0.2) is 5.82 Å². The van der Waals surface area contributed by atoms with Gasteiger partial charge in [-0.2, -0.15) is 14.9 Å². The molecule has 0 radical (unpaired) electrons. The first-order valence-electron chi connectivity index (χ1n) is 8.93. The zero-order chi connectivity index (χ0) is 20.1. The maximum absolute atomic E-state index is 5.92. The first-order valence-corrected chi connectivity index (χ1v) is 9.72. The van der Waals surface area contributed by atoms with E-state index in [1.807, 2.05) is 78.9 Å². The third-order valence-electron chi connectivity index (χ3n) is 4.18. The number of hydrogen-bond donors (Lipinski definition) is 1. The number of halogens is 1. The summed E-state index contributed by atoms with van der Waals surface area (Å²) in [6.45, 7) is 0.461. The van der Waals surface area contributed by atoms with Crippen LogP contribution in [-0.2, 0) is 6.61 Å². The highest BCUT2D eigenvalue weighted by atomic mass is 35.5. The third-order valence-corrected chi connectivity index (χ3v) is 4.70. The van der Waals surface area contributed by atoms with E-state index < -0.39 is 0 Å². The summed E-state index contributed by atoms with van der Waals surface area (Å²) in [6, 6.07) is 25.1. The van der Waals surface area contributed by atoms with Crippen molar-refractivity contribution in [3.63, 3.8) is 0 Å². The van der Waals surface area contributed by atoms with Crippen molar-refractivity contribution in [1.29, 1.82) is 0 Å². The molecule has 4 rings (SSSR count). The van der Waals surface area contributed by atoms with Crippen molar-refractivity contribution in [2.45, 2.75) is 6.61 Å². The van der Waals surface area contributed by atoms with E-state index in [9.17, 15) is 0 Å². The monoisotopic (exact) mass is 420 g/mol. The summed E-state index contributed by atoms with van der Waals surface area (Å²) in [7, 11) is 0. The molecule has 1 N–H and O–H groups in total. The lowest BCUT2D eigenvalue weighted by atomic mass is 10.2. The number of aromatic amines is 1. The average molecular weight is 421 g/mol. The molecule has 0 saturated carbocycles. The summed E-state index contributed by atoms with van der Waals surface area (Å²) >= 11 is 11.2. The minimum absolute atomic E-state index is 0.426. The van der Waals surface area contributed by atoms with Crippen LogP contribution < -0.4 is 4.74 Å². The predicted octanol–water partition coefficient (Wildman–Crippen LogP) is 5.72. The van der Waals surface area contributed by atoms with Crippen molar-refractivity contribution in [1.82, 2.24) is 14.9 Å². The fourth-order valence-electron chi connectivity index (χ4n) is 2.73. The molecule has 0 aliphatic heterocycles. The van der Waals surface area contributed by atoms with Gasteiger partial charge in [-0.05, 0) is 47.6 Å². The summed E-state index contributed by atoms with van der Waals surface area (Å²) in [4.78, 5) is 0. The summed E-state index contributed by atoms with van der Waals surface area (Å²) in [5.41, 5.74) is 2.86. The van der Waals surface area contributed by atoms with Crippen molar-refractivity contribution in [3.05, 3.63) is 99.8 Å². The Kier molecular flexibility index (Phi) is 5.84. The first-order chi connectivity index (χ1) is 14.2. The lowest BCUT2D eigenvalue weighted by Crippen LogP contribution is -1.97. The minimum Gasteiger partial charge on any atom is -0.489 e. The third kappa shape index (κ3) is 4.80. The Bertz CT molecular complexity index is 1180. The molecule has 29 heavy (non-hydrogen) atoms. The van der Waals surface area contributed by atoms with E-state index in [2.05, 4.69) is 15.3 Å². The van der Waals surface area contributed by atoms with Gasteiger partial charge in [-0.1, -0.05) is 66.2 Å². The number of nitrogens with one attached hydrogen (secondary N) is 1. The molecule has 0 amide bonds. The van der Waals surface area contributed by atoms with E-state index in [1.54, 1.807) is 10.9 Å². The zero-order valence-electron chi connectivity index (χ0n) is 15.3. The highest BCUT2D eigenvalue weighted by Crippen LogP contribution is 2.18. The van der Waals surface area contributed by atoms with Crippen molar-refractivity contribution in [3.8, 4) is 17.1 Å². The summed E-state index contributed by atoms with van der Waals surface area (Å²) in [6.07, 6.45) is 1.73. The normalized spacial score (nSPS) is 11.1. The van der Waals surface area contributed by atoms with Crippen molar-refractivity contribution in [2.24, 2.45) is 5.10 Å². The number of hydrogen-bond acceptors (Lipinski definition) is 4. The maximum Gasteiger partial charge on any atom is 0.216 e. The number of nitrogens with zero attached hydrogens (tertiary/aromatic N) is 3. The van der Waals surface area contributed by atoms with Gasteiger partial charge in [0.2, 0.25) is 4.77 Å². The SMILES string of the molecule is S=c1[nH]nc(-c2ccccc2)n1/N=C\c1cccc(OCc2ccc(Cl)cc2)c1. The maximum atomic E-state index is 5.92. The van der Waals surface area contributed by atoms with Crippen LogP contribution in [0.5, 0.6) is 5.75 Å². The molecule has 0 fully saturated rings. The highest BCUT2D eigenvalue weighted by molar-refractivity contribution is 7.71. The smallest absolute Gasteiger partial charge is 0.216 e. The Labute approximate surface area is 178 Å². The molecular formula is C22H17ClN4OS. The van der Waals surface area contributed by atoms with Gasteiger partial charge in [0.25, 0.3) is 0 Å². The van der Waals surface area contributed by atoms with Crippen LogP contribution in [0.15, 0.2) is 84.0 Å². The molecule has 7 heteroatoms. The molecule has 0 aliphatic carbocycles. The van der Waals surface area contributed by atoms with Gasteiger partial charge in [-0.25, -0.2) is 5.10 Å². The topological polar surface area (TPSA) is 55.2 Å². The van der Waals surface area contributed by atoms with Gasteiger partial charge in [-0.15, -0.1) is 0 Å². The Morgan fingerprint density at radius 2 is 1.83 bits per heavy atom. The van der Waals surface area contributed by atoms with E-state index in [1.165, 1.54) is 0 Å². The molecule has 4 aromatic rings. The molecule has 1 aromatic heterocycles. The fourth-order valence-corrected chi connectivity index (χ4v) is 3.03. The molecule has 0 bridgehead atoms. The second kappa shape index (κ2) is 8.86. The highest BCUT2D eigenvalue weighted by Gasteiger charge is 2.07. The van der Waals surface area contributed by atoms with Crippen molar-refractivity contribution < 1.29 is 4.74 Å². The molecule has 0 saturated heterocycles. The molecule has 0 unspecified atom stereocenters. The van der Waals surface area contributed by atoms with E-state index in [0.717, 1.165) is 22.4 Å². The first kappa shape index (κ1) is 19.1. The molecule has 144 valence electrons. The standard InChI is InChI=1S/C22H17ClN4OS/c23-19-11-9-16(10-12-19)15-28-20-8-4-5-17(13-20)14-24-27-21(25-26-22(27)29)18-6-2-1-3-7-18/h1-14H,15H2,(H,26,29)/b24-14-. The van der Waals surface area contributed by atoms with Crippen molar-refractivity contribution in [2.75, 3.05) is 0 Å². The van der Waals surface area contributed by atoms with E-state index in [-0.39, 0.29) is 0 Å². The minimum atomic E-state index is 0.426. The van der Waals surface area contributed by atoms with Gasteiger partial charge in [0, 0.05) is 10.6 Å². The van der Waals surface area contributed by atoms with Crippen LogP contribution in [0.25, 0.3) is 11.4 Å². The molecule has 5 nitrogen and oxygen atoms in total. The van der Waals surface area contributed by atoms with Crippen LogP contribution in [0, 0.1) is 4.77 Å². The van der Waals surface area contributed by atoms with Gasteiger partial charge in [0.1, 0.15) is 12.4 Å². The lowest BCUT2D eigenvalue weighted by Gasteiger charge is -2.07. The average Bonchev–Trinajstić information content (AvgIpc) is 3.13. The second-order valence-corrected chi connectivity index (χ2v) is 7.09. The largest absolute Gasteiger partial charge is 0.489 e. The Balaban J connectivity index is 1.51. The van der Waals surface area contributed by atoms with Crippen LogP contribution >= 0.6 is 23.8 Å². The Hall–Kier alpha value is -3.22. The Morgan fingerprint density at radius 1 is 1.03 bits per heavy atom. The van der Waals surface area contributed by atoms with E-state index in [4.69, 9.17) is 28.6 Å². The van der Waals surface area contributed by atoms with Crippen LogP contribution in [0.4, 0.5) is 0 Å². The van der Waals surface area contributed by atoms with Crippen LogP contribution in [0.1, 0.15) is 11.1 Å². The van der Waals surface area contributed by atoms with E-state index in [0.29, 0.717) is 22.2 Å². The van der Waals surface area contributed by atoms with Crippen LogP contribution in [-0.4, -0.2) is 21.1 Å². The molecule has 0 spiro atoms. The summed E-state index contributed by atoms with van der Waals surface area (Å²) in [5, 5.41) is 12.3. The number of H-pyrrole nitrogens is 1. The lowest BCUT2D eigenvalue weighted by molar-refractivity contribution is 0.306. The van der Waals surface area contributed by atoms with Crippen molar-refractivity contribution >= 4 is 30.0 Å².